The zero-order valence-electron chi connectivity index (χ0n) is 73.9. The van der Waals surface area contributed by atoms with Crippen LogP contribution in [0.15, 0.2) is 121 Å². The molecule has 2 N–H and O–H groups in total. The van der Waals surface area contributed by atoms with E-state index in [1.54, 1.807) is 5.56 Å². The Balaban J connectivity index is 0.739. The van der Waals surface area contributed by atoms with E-state index in [0.717, 1.165) is 56.8 Å². The van der Waals surface area contributed by atoms with Crippen LogP contribution in [0.25, 0.3) is 90.9 Å². The molecule has 7 aromatic rings. The SMILES string of the molecule is CCCCCCCCCCCCCCCCCCCCCCCCCCCCCCCCC1(C)c2ccccc2-c2cccc(-c3c4nc(cc5ccc([nH]5)c(-c5cccc6c5C(CCCCCCCCCCCCCCCC)(CCCCCCCCCCCCCCCC)c5ccccc5-6)c5nc(cc6ccc3[nH]6)C=C5)C=C4)c21. The molecule has 2 aliphatic heterocycles. The molecule has 0 amide bonds. The van der Waals surface area contributed by atoms with Gasteiger partial charge in [0.2, 0.25) is 0 Å². The minimum absolute atomic E-state index is 0.102. The molecule has 4 aromatic carbocycles. The number of nitrogens with zero attached hydrogens (tertiary/aromatic N) is 2. The second-order valence-electron chi connectivity index (χ2n) is 36.9. The summed E-state index contributed by atoms with van der Waals surface area (Å²) in [7, 11) is 0. The van der Waals surface area contributed by atoms with Crippen LogP contribution in [0.5, 0.6) is 0 Å². The average molecular weight is 1550 g/mol. The fourth-order valence-electron chi connectivity index (χ4n) is 21.0. The van der Waals surface area contributed by atoms with Gasteiger partial charge in [0.05, 0.1) is 22.8 Å². The lowest BCUT2D eigenvalue weighted by atomic mass is 9.68. The number of nitrogens with one attached hydrogen (secondary N) is 2. The molecule has 1 atom stereocenters. The van der Waals surface area contributed by atoms with E-state index in [0.29, 0.717) is 0 Å². The van der Waals surface area contributed by atoms with Crippen LogP contribution in [0.1, 0.15) is 464 Å². The van der Waals surface area contributed by atoms with E-state index in [1.807, 2.05) is 0 Å². The first-order valence-electron chi connectivity index (χ1n) is 49.5. The van der Waals surface area contributed by atoms with E-state index in [9.17, 15) is 0 Å². The third-order valence-corrected chi connectivity index (χ3v) is 27.6. The first-order valence-corrected chi connectivity index (χ1v) is 49.5. The van der Waals surface area contributed by atoms with Crippen LogP contribution in [0, 0.1) is 0 Å². The molecule has 5 heterocycles. The number of hydrogen-bond donors (Lipinski definition) is 2. The summed E-state index contributed by atoms with van der Waals surface area (Å²) in [6.07, 6.45) is 93.9. The van der Waals surface area contributed by atoms with Crippen molar-refractivity contribution in [1.29, 1.82) is 0 Å². The second-order valence-corrected chi connectivity index (χ2v) is 36.9. The van der Waals surface area contributed by atoms with Gasteiger partial charge >= 0.3 is 0 Å². The molecule has 115 heavy (non-hydrogen) atoms. The number of fused-ring (bicyclic) bond motifs is 14. The van der Waals surface area contributed by atoms with Crippen molar-refractivity contribution in [2.24, 2.45) is 0 Å². The lowest BCUT2D eigenvalue weighted by Crippen LogP contribution is -2.26. The molecule has 624 valence electrons. The smallest absolute Gasteiger partial charge is 0.0737 e. The van der Waals surface area contributed by atoms with E-state index in [2.05, 4.69) is 183 Å². The summed E-state index contributed by atoms with van der Waals surface area (Å²) in [6.45, 7) is 9.52. The van der Waals surface area contributed by atoms with Gasteiger partial charge in [0.25, 0.3) is 0 Å². The van der Waals surface area contributed by atoms with Gasteiger partial charge in [-0.25, -0.2) is 9.97 Å². The Morgan fingerprint density at radius 2 is 0.513 bits per heavy atom. The monoisotopic (exact) mass is 1550 g/mol. The van der Waals surface area contributed by atoms with E-state index in [-0.39, 0.29) is 10.8 Å². The molecule has 4 aliphatic rings. The third-order valence-electron chi connectivity index (χ3n) is 27.6. The molecular formula is C111H160N4. The lowest BCUT2D eigenvalue weighted by molar-refractivity contribution is 0.397. The van der Waals surface area contributed by atoms with Crippen LogP contribution in [0.4, 0.5) is 0 Å². The Hall–Kier alpha value is -6.52. The molecule has 0 radical (unpaired) electrons. The number of rotatable bonds is 63. The molecule has 8 bridgehead atoms. The summed E-state index contributed by atoms with van der Waals surface area (Å²) in [4.78, 5) is 19.4. The predicted octanol–water partition coefficient (Wildman–Crippen LogP) is 36.4. The number of benzene rings is 4. The first-order chi connectivity index (χ1) is 56.9. The van der Waals surface area contributed by atoms with Crippen LogP contribution in [0.2, 0.25) is 0 Å². The van der Waals surface area contributed by atoms with E-state index < -0.39 is 0 Å². The fourth-order valence-corrected chi connectivity index (χ4v) is 21.0. The molecule has 2 aliphatic carbocycles. The standard InChI is InChI=1S/C111H160N4/c1-5-8-11-14-17-20-23-26-29-30-31-32-33-34-35-36-37-38-39-40-41-42-43-44-45-48-51-54-57-64-85-110(4)100-75-62-60-69-94(100)96-71-67-73-98(108(96)110)106-102-81-77-90(112-102)88-92-79-83-104(114-92)107(105-84-80-93(115-105)89-91-78-82-103(106)113-91)99-74-68-72-97-95-70-61-63-76-101(95)111(109(97)99,86-65-58-55-52-49-46-27-24-21-18-15-12-9-6-2)87-66-59-56-53-50-47-28-25-22-19-16-13-10-7-3/h60-63,67-84,88-89,112,115H,5-59,64-66,85-87H2,1-4H3. The summed E-state index contributed by atoms with van der Waals surface area (Å²) in [5.74, 6) is 0. The van der Waals surface area contributed by atoms with E-state index in [4.69, 9.17) is 9.97 Å². The Labute approximate surface area is 702 Å². The van der Waals surface area contributed by atoms with E-state index >= 15 is 0 Å². The number of unbranched alkanes of at least 4 members (excludes halogenated alkanes) is 55. The summed E-state index contributed by atoms with van der Waals surface area (Å²) in [5, 5.41) is 0. The van der Waals surface area contributed by atoms with Crippen LogP contribution >= 0.6 is 0 Å². The number of H-pyrrole nitrogens is 2. The summed E-state index contributed by atoms with van der Waals surface area (Å²) in [6, 6.07) is 47.0. The number of hydrogen-bond acceptors (Lipinski definition) is 2. The third kappa shape index (κ3) is 27.0. The summed E-state index contributed by atoms with van der Waals surface area (Å²) < 4.78 is 0. The highest BCUT2D eigenvalue weighted by molar-refractivity contribution is 5.99. The van der Waals surface area contributed by atoms with Crippen LogP contribution in [-0.4, -0.2) is 19.9 Å². The maximum absolute atomic E-state index is 5.69. The number of aromatic nitrogens is 4. The molecule has 4 nitrogen and oxygen atoms in total. The molecule has 3 aromatic heterocycles. The minimum Gasteiger partial charge on any atom is -0.355 e. The average Bonchev–Trinajstić information content (AvgIpc) is 1.57. The highest BCUT2D eigenvalue weighted by atomic mass is 14.8. The molecule has 0 fully saturated rings. The van der Waals surface area contributed by atoms with Crippen molar-refractivity contribution in [3.63, 3.8) is 0 Å². The molecule has 0 spiro atoms. The maximum atomic E-state index is 5.69. The Kier molecular flexibility index (Phi) is 39.6. The molecule has 4 heteroatoms. The van der Waals surface area contributed by atoms with Crippen LogP contribution in [-0.2, 0) is 10.8 Å². The van der Waals surface area contributed by atoms with Gasteiger partial charge in [-0.15, -0.1) is 0 Å². The second kappa shape index (κ2) is 51.1. The Morgan fingerprint density at radius 1 is 0.243 bits per heavy atom. The highest BCUT2D eigenvalue weighted by Gasteiger charge is 2.45. The van der Waals surface area contributed by atoms with Gasteiger partial charge in [0.1, 0.15) is 0 Å². The fraction of sp³-hybridized carbons (Fsp3) is 0.604. The summed E-state index contributed by atoms with van der Waals surface area (Å²) in [5.41, 5.74) is 24.5. The largest absolute Gasteiger partial charge is 0.355 e. The van der Waals surface area contributed by atoms with Crippen molar-refractivity contribution in [2.75, 3.05) is 0 Å². The molecule has 11 rings (SSSR count). The summed E-state index contributed by atoms with van der Waals surface area (Å²) >= 11 is 0. The van der Waals surface area contributed by atoms with Crippen molar-refractivity contribution in [3.05, 3.63) is 166 Å². The van der Waals surface area contributed by atoms with Crippen LogP contribution < -0.4 is 0 Å². The Bertz CT molecular complexity index is 4110. The lowest BCUT2D eigenvalue weighted by Gasteiger charge is -2.34. The van der Waals surface area contributed by atoms with Gasteiger partial charge in [-0.05, 0) is 136 Å². The quantitative estimate of drug-likeness (QED) is 0.0373. The normalized spacial score (nSPS) is 14.3. The van der Waals surface area contributed by atoms with E-state index in [1.165, 1.54) is 441 Å². The van der Waals surface area contributed by atoms with Gasteiger partial charge < -0.3 is 9.97 Å². The number of aromatic amines is 2. The highest BCUT2D eigenvalue weighted by Crippen LogP contribution is 2.59. The topological polar surface area (TPSA) is 57.4 Å². The van der Waals surface area contributed by atoms with Gasteiger partial charge in [-0.2, -0.15) is 0 Å². The first kappa shape index (κ1) is 89.3. The van der Waals surface area contributed by atoms with Gasteiger partial charge in [0, 0.05) is 44.0 Å². The van der Waals surface area contributed by atoms with Crippen LogP contribution in [0.3, 0.4) is 0 Å². The zero-order valence-corrected chi connectivity index (χ0v) is 73.9. The van der Waals surface area contributed by atoms with Gasteiger partial charge in [-0.1, -0.05) is 485 Å². The minimum atomic E-state index is -0.150. The molecule has 0 saturated heterocycles. The van der Waals surface area contributed by atoms with Crippen molar-refractivity contribution < 1.29 is 0 Å². The Morgan fingerprint density at radius 3 is 0.861 bits per heavy atom. The predicted molar refractivity (Wildman–Crippen MR) is 506 cm³/mol. The van der Waals surface area contributed by atoms with Crippen molar-refractivity contribution in [2.45, 2.75) is 430 Å². The maximum Gasteiger partial charge on any atom is 0.0737 e. The van der Waals surface area contributed by atoms with Crippen molar-refractivity contribution in [1.82, 2.24) is 19.9 Å². The molecule has 0 saturated carbocycles. The zero-order chi connectivity index (χ0) is 79.5. The molecule has 1 unspecified atom stereocenters. The van der Waals surface area contributed by atoms with Crippen molar-refractivity contribution in [3.8, 4) is 44.5 Å². The van der Waals surface area contributed by atoms with Crippen molar-refractivity contribution >= 4 is 46.4 Å². The molecular weight excluding hydrogens is 1390 g/mol. The van der Waals surface area contributed by atoms with Gasteiger partial charge in [0.15, 0.2) is 0 Å². The van der Waals surface area contributed by atoms with Gasteiger partial charge in [-0.3, -0.25) is 0 Å².